The number of para-hydroxylation sites is 1. The van der Waals surface area contributed by atoms with Gasteiger partial charge in [0.15, 0.2) is 0 Å². The Bertz CT molecular complexity index is 933. The maximum absolute atomic E-state index is 6.26. The normalized spacial score (nSPS) is 20.0. The van der Waals surface area contributed by atoms with Gasteiger partial charge in [0.05, 0.1) is 0 Å². The molecule has 0 amide bonds. The van der Waals surface area contributed by atoms with Gasteiger partial charge in [0.2, 0.25) is 0 Å². The molecule has 2 heterocycles. The molecule has 2 aromatic carbocycles. The number of fused-ring (bicyclic) bond motifs is 1. The van der Waals surface area contributed by atoms with E-state index in [1.807, 2.05) is 36.4 Å². The zero-order valence-electron chi connectivity index (χ0n) is 15.9. The van der Waals surface area contributed by atoms with Gasteiger partial charge in [-0.3, -0.25) is 0 Å². The summed E-state index contributed by atoms with van der Waals surface area (Å²) < 4.78 is 6.11. The van der Waals surface area contributed by atoms with Gasteiger partial charge in [-0.2, -0.15) is 0 Å². The summed E-state index contributed by atoms with van der Waals surface area (Å²) in [5, 5.41) is 1.82. The fraction of sp³-hybridized carbons (Fsp3) is 0.348. The van der Waals surface area contributed by atoms with Crippen molar-refractivity contribution in [2.75, 3.05) is 18.0 Å². The number of hydrogen-bond acceptors (Lipinski definition) is 3. The molecule has 0 radical (unpaired) electrons. The molecule has 140 valence electrons. The monoisotopic (exact) mass is 380 g/mol. The van der Waals surface area contributed by atoms with E-state index in [9.17, 15) is 0 Å². The van der Waals surface area contributed by atoms with Crippen molar-refractivity contribution in [1.29, 1.82) is 0 Å². The maximum Gasteiger partial charge on any atom is 0.146 e. The van der Waals surface area contributed by atoms with Crippen molar-refractivity contribution < 1.29 is 4.74 Å². The van der Waals surface area contributed by atoms with E-state index in [0.29, 0.717) is 18.4 Å². The standard InChI is InChI=1S/C23H25ClN2O/c1-16-12-17(2)14-26(13-16)22-11-10-18-7-5-9-21(23(18)25-22)27-15-19-6-3-4-8-20(19)24/h3-11,16-17H,12-15H2,1-2H3. The Labute approximate surface area is 165 Å². The summed E-state index contributed by atoms with van der Waals surface area (Å²) in [6, 6.07) is 18.1. The average molecular weight is 381 g/mol. The molecule has 0 aliphatic carbocycles. The Hall–Kier alpha value is -2.26. The van der Waals surface area contributed by atoms with Crippen LogP contribution in [0.1, 0.15) is 25.8 Å². The van der Waals surface area contributed by atoms with Gasteiger partial charge in [0.1, 0.15) is 23.7 Å². The van der Waals surface area contributed by atoms with Gasteiger partial charge in [0.25, 0.3) is 0 Å². The number of rotatable bonds is 4. The van der Waals surface area contributed by atoms with Gasteiger partial charge >= 0.3 is 0 Å². The van der Waals surface area contributed by atoms with Gasteiger partial charge in [0, 0.05) is 29.1 Å². The van der Waals surface area contributed by atoms with Crippen LogP contribution in [0.2, 0.25) is 5.02 Å². The molecule has 0 N–H and O–H groups in total. The summed E-state index contributed by atoms with van der Waals surface area (Å²) >= 11 is 6.26. The van der Waals surface area contributed by atoms with Crippen LogP contribution in [0, 0.1) is 11.8 Å². The van der Waals surface area contributed by atoms with Crippen LogP contribution in [-0.2, 0) is 6.61 Å². The highest BCUT2D eigenvalue weighted by molar-refractivity contribution is 6.31. The molecule has 1 aliphatic rings. The van der Waals surface area contributed by atoms with Crippen molar-refractivity contribution >= 4 is 28.3 Å². The van der Waals surface area contributed by atoms with Crippen molar-refractivity contribution in [2.24, 2.45) is 11.8 Å². The minimum absolute atomic E-state index is 0.433. The highest BCUT2D eigenvalue weighted by atomic mass is 35.5. The van der Waals surface area contributed by atoms with Crippen LogP contribution in [0.3, 0.4) is 0 Å². The number of aromatic nitrogens is 1. The second-order valence-electron chi connectivity index (χ2n) is 7.73. The number of benzene rings is 2. The molecule has 1 fully saturated rings. The highest BCUT2D eigenvalue weighted by Crippen LogP contribution is 2.30. The van der Waals surface area contributed by atoms with E-state index >= 15 is 0 Å². The second-order valence-corrected chi connectivity index (χ2v) is 8.14. The minimum Gasteiger partial charge on any atom is -0.487 e. The first-order valence-electron chi connectivity index (χ1n) is 9.61. The SMILES string of the molecule is CC1CC(C)CN(c2ccc3cccc(OCc4ccccc4Cl)c3n2)C1. The van der Waals surface area contributed by atoms with Crippen LogP contribution in [0.25, 0.3) is 10.9 Å². The van der Waals surface area contributed by atoms with Crippen molar-refractivity contribution in [1.82, 2.24) is 4.98 Å². The van der Waals surface area contributed by atoms with Crippen LogP contribution in [-0.4, -0.2) is 18.1 Å². The van der Waals surface area contributed by atoms with E-state index in [4.69, 9.17) is 21.3 Å². The second kappa shape index (κ2) is 7.77. The summed E-state index contributed by atoms with van der Waals surface area (Å²) in [4.78, 5) is 7.38. The summed E-state index contributed by atoms with van der Waals surface area (Å²) in [5.74, 6) is 3.22. The average Bonchev–Trinajstić information content (AvgIpc) is 2.66. The summed E-state index contributed by atoms with van der Waals surface area (Å²) in [5.41, 5.74) is 1.89. The molecule has 0 spiro atoms. The van der Waals surface area contributed by atoms with E-state index in [2.05, 4.69) is 36.9 Å². The number of pyridine rings is 1. The number of nitrogens with zero attached hydrogens (tertiary/aromatic N) is 2. The van der Waals surface area contributed by atoms with E-state index < -0.39 is 0 Å². The molecule has 0 saturated carbocycles. The Balaban J connectivity index is 1.62. The van der Waals surface area contributed by atoms with Gasteiger partial charge in [-0.1, -0.05) is 55.8 Å². The molecule has 1 aromatic heterocycles. The predicted molar refractivity (Wildman–Crippen MR) is 113 cm³/mol. The molecular formula is C23H25ClN2O. The molecule has 3 nitrogen and oxygen atoms in total. The first-order chi connectivity index (χ1) is 13.1. The first kappa shape index (κ1) is 18.1. The summed E-state index contributed by atoms with van der Waals surface area (Å²) in [6.45, 7) is 7.20. The molecule has 1 saturated heterocycles. The first-order valence-corrected chi connectivity index (χ1v) is 9.99. The fourth-order valence-electron chi connectivity index (χ4n) is 4.02. The van der Waals surface area contributed by atoms with Crippen LogP contribution < -0.4 is 9.64 Å². The number of anilines is 1. The third kappa shape index (κ3) is 4.03. The van der Waals surface area contributed by atoms with Crippen LogP contribution >= 0.6 is 11.6 Å². The molecule has 4 heteroatoms. The zero-order chi connectivity index (χ0) is 18.8. The zero-order valence-corrected chi connectivity index (χ0v) is 16.6. The smallest absolute Gasteiger partial charge is 0.146 e. The third-order valence-electron chi connectivity index (χ3n) is 5.20. The van der Waals surface area contributed by atoms with Crippen molar-refractivity contribution in [3.8, 4) is 5.75 Å². The predicted octanol–water partition coefficient (Wildman–Crippen LogP) is 5.95. The minimum atomic E-state index is 0.433. The largest absolute Gasteiger partial charge is 0.487 e. The lowest BCUT2D eigenvalue weighted by Crippen LogP contribution is -2.39. The number of ether oxygens (including phenoxy) is 1. The van der Waals surface area contributed by atoms with Crippen LogP contribution in [0.4, 0.5) is 5.82 Å². The highest BCUT2D eigenvalue weighted by Gasteiger charge is 2.23. The van der Waals surface area contributed by atoms with Gasteiger partial charge < -0.3 is 9.64 Å². The molecule has 2 atom stereocenters. The fourth-order valence-corrected chi connectivity index (χ4v) is 4.21. The van der Waals surface area contributed by atoms with Gasteiger partial charge in [-0.25, -0.2) is 4.98 Å². The summed E-state index contributed by atoms with van der Waals surface area (Å²) in [6.07, 6.45) is 1.29. The molecule has 0 bridgehead atoms. The van der Waals surface area contributed by atoms with E-state index in [-0.39, 0.29) is 0 Å². The molecule has 4 rings (SSSR count). The molecule has 2 unspecified atom stereocenters. The van der Waals surface area contributed by atoms with Crippen molar-refractivity contribution in [3.05, 3.63) is 65.2 Å². The van der Waals surface area contributed by atoms with Crippen LogP contribution in [0.15, 0.2) is 54.6 Å². The summed E-state index contributed by atoms with van der Waals surface area (Å²) in [7, 11) is 0. The number of hydrogen-bond donors (Lipinski definition) is 0. The van der Waals surface area contributed by atoms with E-state index in [0.717, 1.165) is 46.1 Å². The number of piperidine rings is 1. The Morgan fingerprint density at radius 1 is 1.00 bits per heavy atom. The van der Waals surface area contributed by atoms with Crippen LogP contribution in [0.5, 0.6) is 5.75 Å². The van der Waals surface area contributed by atoms with E-state index in [1.165, 1.54) is 6.42 Å². The molecule has 27 heavy (non-hydrogen) atoms. The number of halogens is 1. The Morgan fingerprint density at radius 2 is 1.78 bits per heavy atom. The topological polar surface area (TPSA) is 25.4 Å². The van der Waals surface area contributed by atoms with Gasteiger partial charge in [-0.15, -0.1) is 0 Å². The lowest BCUT2D eigenvalue weighted by molar-refractivity contribution is 0.309. The lowest BCUT2D eigenvalue weighted by Gasteiger charge is -2.35. The maximum atomic E-state index is 6.26. The van der Waals surface area contributed by atoms with Crippen molar-refractivity contribution in [3.63, 3.8) is 0 Å². The van der Waals surface area contributed by atoms with Gasteiger partial charge in [-0.05, 0) is 42.5 Å². The third-order valence-corrected chi connectivity index (χ3v) is 5.57. The quantitative estimate of drug-likeness (QED) is 0.559. The Kier molecular flexibility index (Phi) is 5.22. The Morgan fingerprint density at radius 3 is 2.56 bits per heavy atom. The lowest BCUT2D eigenvalue weighted by atomic mass is 9.92. The van der Waals surface area contributed by atoms with Crippen molar-refractivity contribution in [2.45, 2.75) is 26.9 Å². The van der Waals surface area contributed by atoms with E-state index in [1.54, 1.807) is 0 Å². The molecular weight excluding hydrogens is 356 g/mol. The molecule has 3 aromatic rings. The molecule has 1 aliphatic heterocycles.